The summed E-state index contributed by atoms with van der Waals surface area (Å²) in [4.78, 5) is 44.2. The van der Waals surface area contributed by atoms with E-state index in [1.54, 1.807) is 6.20 Å². The van der Waals surface area contributed by atoms with Gasteiger partial charge in [-0.05, 0) is 117 Å². The lowest BCUT2D eigenvalue weighted by atomic mass is 9.80. The molecule has 3 aromatic heterocycles. The van der Waals surface area contributed by atoms with Crippen molar-refractivity contribution in [3.63, 3.8) is 0 Å². The average Bonchev–Trinajstić information content (AvgIpc) is 3.76. The molecule has 8 rings (SSSR count). The highest BCUT2D eigenvalue weighted by atomic mass is 16.4. The molecule has 1 atom stereocenters. The molecule has 5 aromatic rings. The van der Waals surface area contributed by atoms with E-state index >= 15 is 0 Å². The summed E-state index contributed by atoms with van der Waals surface area (Å²) in [6.07, 6.45) is 9.72. The number of β-amino-alcohol motifs (C(OH)–C–C–N with tert-alkyl or cyclic N) is 1. The predicted molar refractivity (Wildman–Crippen MR) is 218 cm³/mol. The van der Waals surface area contributed by atoms with Crippen LogP contribution in [0.15, 0.2) is 60.9 Å². The van der Waals surface area contributed by atoms with Crippen LogP contribution in [0.3, 0.4) is 0 Å². The van der Waals surface area contributed by atoms with E-state index in [-0.39, 0.29) is 17.9 Å². The molecule has 1 aliphatic carbocycles. The van der Waals surface area contributed by atoms with Crippen molar-refractivity contribution in [2.24, 2.45) is 18.9 Å². The maximum Gasteiger partial charge on any atom is 0.306 e. The highest BCUT2D eigenvalue weighted by Gasteiger charge is 2.29. The molecule has 2 aromatic carbocycles. The van der Waals surface area contributed by atoms with Crippen molar-refractivity contribution in [2.75, 3.05) is 36.8 Å². The van der Waals surface area contributed by atoms with Crippen LogP contribution < -0.4 is 10.6 Å². The third kappa shape index (κ3) is 7.91. The van der Waals surface area contributed by atoms with Gasteiger partial charge in [0.15, 0.2) is 11.6 Å². The van der Waals surface area contributed by atoms with E-state index in [9.17, 15) is 19.8 Å². The second-order valence-corrected chi connectivity index (χ2v) is 16.0. The summed E-state index contributed by atoms with van der Waals surface area (Å²) in [6.45, 7) is 9.08. The van der Waals surface area contributed by atoms with Crippen molar-refractivity contribution in [3.8, 4) is 11.1 Å². The van der Waals surface area contributed by atoms with Crippen molar-refractivity contribution >= 4 is 40.0 Å². The number of aliphatic hydroxyl groups is 1. The zero-order valence-corrected chi connectivity index (χ0v) is 32.6. The van der Waals surface area contributed by atoms with Crippen LogP contribution in [-0.2, 0) is 31.4 Å². The monoisotopic (exact) mass is 756 g/mol. The van der Waals surface area contributed by atoms with Crippen LogP contribution in [0.5, 0.6) is 0 Å². The molecule has 0 spiro atoms. The average molecular weight is 757 g/mol. The van der Waals surface area contributed by atoms with E-state index in [0.29, 0.717) is 24.1 Å². The molecular formula is C44H52N8O4. The van der Waals surface area contributed by atoms with Gasteiger partial charge in [-0.2, -0.15) is 0 Å². The van der Waals surface area contributed by atoms with Gasteiger partial charge >= 0.3 is 5.97 Å². The second kappa shape index (κ2) is 16.1. The Kier molecular flexibility index (Phi) is 10.9. The van der Waals surface area contributed by atoms with E-state index in [1.807, 2.05) is 55.1 Å². The first-order valence-electron chi connectivity index (χ1n) is 20.0. The number of pyridine rings is 2. The number of carbonyl (C=O) groups excluding carboxylic acids is 1. The Morgan fingerprint density at radius 2 is 1.66 bits per heavy atom. The van der Waals surface area contributed by atoms with Gasteiger partial charge in [0.05, 0.1) is 17.7 Å². The van der Waals surface area contributed by atoms with Gasteiger partial charge in [-0.1, -0.05) is 24.3 Å². The van der Waals surface area contributed by atoms with Gasteiger partial charge < -0.3 is 25.4 Å². The number of anilines is 3. The summed E-state index contributed by atoms with van der Waals surface area (Å²) in [5.41, 5.74) is 9.73. The van der Waals surface area contributed by atoms with E-state index in [2.05, 4.69) is 50.5 Å². The van der Waals surface area contributed by atoms with E-state index < -0.39 is 5.97 Å². The first-order chi connectivity index (χ1) is 27.1. The van der Waals surface area contributed by atoms with Crippen LogP contribution in [0.2, 0.25) is 0 Å². The lowest BCUT2D eigenvalue weighted by Crippen LogP contribution is -2.33. The van der Waals surface area contributed by atoms with Crippen molar-refractivity contribution in [1.29, 1.82) is 0 Å². The molecule has 12 heteroatoms. The molecule has 292 valence electrons. The van der Waals surface area contributed by atoms with Gasteiger partial charge in [0.1, 0.15) is 5.52 Å². The Bertz CT molecular complexity index is 2260. The number of aliphatic carboxylic acids is 1. The van der Waals surface area contributed by atoms with Gasteiger partial charge in [-0.3, -0.25) is 24.4 Å². The third-order valence-corrected chi connectivity index (χ3v) is 12.4. The number of benzene rings is 2. The molecule has 4 N–H and O–H groups in total. The van der Waals surface area contributed by atoms with E-state index in [1.165, 1.54) is 0 Å². The molecule has 1 saturated heterocycles. The minimum Gasteiger partial charge on any atom is -0.481 e. The van der Waals surface area contributed by atoms with Crippen molar-refractivity contribution in [3.05, 3.63) is 94.8 Å². The van der Waals surface area contributed by atoms with Crippen molar-refractivity contribution < 1.29 is 19.8 Å². The zero-order valence-electron chi connectivity index (χ0n) is 32.6. The first-order valence-corrected chi connectivity index (χ1v) is 20.0. The summed E-state index contributed by atoms with van der Waals surface area (Å²) in [5.74, 6) is 0.609. The third-order valence-electron chi connectivity index (χ3n) is 12.4. The summed E-state index contributed by atoms with van der Waals surface area (Å²) in [7, 11) is 1.93. The largest absolute Gasteiger partial charge is 0.481 e. The van der Waals surface area contributed by atoms with Gasteiger partial charge in [0, 0.05) is 81.0 Å². The number of hydrogen-bond acceptors (Lipinski definition) is 9. The van der Waals surface area contributed by atoms with Crippen LogP contribution in [0, 0.1) is 25.7 Å². The minimum absolute atomic E-state index is 0.180. The highest BCUT2D eigenvalue weighted by Crippen LogP contribution is 2.36. The van der Waals surface area contributed by atoms with Crippen molar-refractivity contribution in [2.45, 2.75) is 78.0 Å². The van der Waals surface area contributed by atoms with Crippen LogP contribution in [0.4, 0.5) is 17.2 Å². The SMILES string of the molecule is Cc1c(NC(=O)c2nc3c(n2C)CCN(CCC2CCC(C(=O)O)CC2)C3)cccc1-c1cccc(Nc2nccc3cc(CN4CC[C@@H](O)C4)cnc23)c1C. The number of carbonyl (C=O) groups is 2. The number of imidazole rings is 1. The number of aliphatic hydroxyl groups excluding tert-OH is 1. The molecular weight excluding hydrogens is 705 g/mol. The summed E-state index contributed by atoms with van der Waals surface area (Å²) in [5, 5.41) is 27.0. The van der Waals surface area contributed by atoms with Crippen LogP contribution in [0.1, 0.15) is 77.2 Å². The quantitative estimate of drug-likeness (QED) is 0.113. The molecule has 3 aliphatic rings. The number of amides is 1. The molecule has 12 nitrogen and oxygen atoms in total. The number of nitrogens with zero attached hydrogens (tertiary/aromatic N) is 6. The molecule has 2 fully saturated rings. The standard InChI is InChI=1S/C44H52N8O4/c1-27-34(6-4-8-36(27)47-41-40-32(14-18-45-41)22-30(23-46-40)24-52-20-16-33(53)25-52)35-7-5-9-37(28(35)2)49-43(54)42-48-38-26-51(21-17-39(38)50(42)3)19-15-29-10-12-31(13-11-29)44(55)56/h4-9,14,18,22-23,29,31,33,53H,10-13,15-17,19-21,24-26H2,1-3H3,(H,45,47)(H,49,54)(H,55,56)/t29?,31?,33-/m1/s1. The van der Waals surface area contributed by atoms with E-state index in [4.69, 9.17) is 9.97 Å². The van der Waals surface area contributed by atoms with Crippen LogP contribution >= 0.6 is 0 Å². The zero-order chi connectivity index (χ0) is 38.9. The number of carboxylic acids is 1. The number of likely N-dealkylation sites (tertiary alicyclic amines) is 1. The molecule has 1 amide bonds. The van der Waals surface area contributed by atoms with Crippen LogP contribution in [-0.4, -0.2) is 83.7 Å². The molecule has 0 radical (unpaired) electrons. The maximum absolute atomic E-state index is 13.8. The van der Waals surface area contributed by atoms with Gasteiger partial charge in [-0.25, -0.2) is 9.97 Å². The van der Waals surface area contributed by atoms with Crippen LogP contribution in [0.25, 0.3) is 22.0 Å². The smallest absolute Gasteiger partial charge is 0.306 e. The Hall–Kier alpha value is -5.17. The highest BCUT2D eigenvalue weighted by molar-refractivity contribution is 6.03. The molecule has 1 saturated carbocycles. The molecule has 2 aliphatic heterocycles. The molecule has 56 heavy (non-hydrogen) atoms. The predicted octanol–water partition coefficient (Wildman–Crippen LogP) is 6.85. The molecule has 0 unspecified atom stereocenters. The topological polar surface area (TPSA) is 149 Å². The van der Waals surface area contributed by atoms with Gasteiger partial charge in [0.2, 0.25) is 0 Å². The number of carboxylic acid groups (broad SMARTS) is 1. The first kappa shape index (κ1) is 37.7. The lowest BCUT2D eigenvalue weighted by molar-refractivity contribution is -0.143. The normalized spacial score (nSPS) is 20.2. The van der Waals surface area contributed by atoms with E-state index in [0.717, 1.165) is 139 Å². The Morgan fingerprint density at radius 1 is 0.911 bits per heavy atom. The van der Waals surface area contributed by atoms with Gasteiger partial charge in [0.25, 0.3) is 5.91 Å². The van der Waals surface area contributed by atoms with Gasteiger partial charge in [-0.15, -0.1) is 0 Å². The number of fused-ring (bicyclic) bond motifs is 2. The lowest BCUT2D eigenvalue weighted by Gasteiger charge is -2.30. The Balaban J connectivity index is 0.941. The summed E-state index contributed by atoms with van der Waals surface area (Å²) >= 11 is 0. The molecule has 0 bridgehead atoms. The number of aromatic nitrogens is 4. The fourth-order valence-electron chi connectivity index (χ4n) is 8.97. The summed E-state index contributed by atoms with van der Waals surface area (Å²) in [6, 6.07) is 16.3. The maximum atomic E-state index is 13.8. The Morgan fingerprint density at radius 3 is 2.39 bits per heavy atom. The fourth-order valence-corrected chi connectivity index (χ4v) is 8.97. The number of nitrogens with one attached hydrogen (secondary N) is 2. The minimum atomic E-state index is -0.654. The second-order valence-electron chi connectivity index (χ2n) is 16.0. The fraction of sp³-hybridized carbons (Fsp3) is 0.432. The Labute approximate surface area is 328 Å². The molecule has 5 heterocycles. The number of rotatable bonds is 11. The number of hydrogen-bond donors (Lipinski definition) is 4. The van der Waals surface area contributed by atoms with Crippen molar-refractivity contribution in [1.82, 2.24) is 29.3 Å². The summed E-state index contributed by atoms with van der Waals surface area (Å²) < 4.78 is 1.95.